The van der Waals surface area contributed by atoms with E-state index in [4.69, 9.17) is 21.9 Å². The molecule has 0 aromatic heterocycles. The van der Waals surface area contributed by atoms with Crippen LogP contribution in [0.4, 0.5) is 0 Å². The van der Waals surface area contributed by atoms with Crippen LogP contribution < -0.4 is 21.9 Å². The predicted octanol–water partition coefficient (Wildman–Crippen LogP) is 0.754. The summed E-state index contributed by atoms with van der Waals surface area (Å²) >= 11 is 0. The fourth-order valence-corrected chi connectivity index (χ4v) is 1.08. The topological polar surface area (TPSA) is 87.3 Å². The van der Waals surface area contributed by atoms with E-state index in [2.05, 4.69) is 0 Å². The Morgan fingerprint density at radius 1 is 1.20 bits per heavy atom. The quantitative estimate of drug-likeness (QED) is 0.635. The van der Waals surface area contributed by atoms with Crippen LogP contribution in [0.15, 0.2) is 42.2 Å². The van der Waals surface area contributed by atoms with E-state index in [1.54, 1.807) is 19.3 Å². The molecule has 1 rings (SSSR count). The van der Waals surface area contributed by atoms with Crippen LogP contribution in [0.2, 0.25) is 0 Å². The monoisotopic (exact) mass is 205 g/mol. The lowest BCUT2D eigenvalue weighted by Gasteiger charge is -2.03. The molecule has 0 bridgehead atoms. The second-order valence-corrected chi connectivity index (χ2v) is 3.02. The Bertz CT molecular complexity index is 393. The number of ether oxygens (including phenoxy) is 1. The molecule has 0 spiro atoms. The van der Waals surface area contributed by atoms with Crippen molar-refractivity contribution < 1.29 is 4.74 Å². The molecule has 6 N–H and O–H groups in total. The van der Waals surface area contributed by atoms with Crippen LogP contribution in [0.5, 0.6) is 5.75 Å². The van der Waals surface area contributed by atoms with Gasteiger partial charge in [-0.05, 0) is 24.3 Å². The highest BCUT2D eigenvalue weighted by Gasteiger charge is 1.97. The maximum Gasteiger partial charge on any atom is 0.119 e. The first-order valence-electron chi connectivity index (χ1n) is 4.46. The summed E-state index contributed by atoms with van der Waals surface area (Å²) in [7, 11) is 1.61. The van der Waals surface area contributed by atoms with Gasteiger partial charge in [-0.2, -0.15) is 0 Å². The highest BCUT2D eigenvalue weighted by atomic mass is 16.5. The van der Waals surface area contributed by atoms with E-state index in [-0.39, 0.29) is 5.82 Å². The van der Waals surface area contributed by atoms with Gasteiger partial charge in [0.2, 0.25) is 0 Å². The summed E-state index contributed by atoms with van der Waals surface area (Å²) < 4.78 is 5.08. The lowest BCUT2D eigenvalue weighted by Crippen LogP contribution is -2.07. The Labute approximate surface area is 89.0 Å². The maximum atomic E-state index is 5.82. The van der Waals surface area contributed by atoms with Crippen molar-refractivity contribution in [2.24, 2.45) is 17.2 Å². The molecule has 0 atom stereocenters. The molecule has 0 aliphatic rings. The van der Waals surface area contributed by atoms with Crippen molar-refractivity contribution in [3.8, 4) is 5.75 Å². The standard InChI is InChI=1S/C11H15N3O/c1-15-9-4-2-3-8(7-9)10(12)5-6-11(13)14/h2-7H,12-14H2,1H3/b10-5-. The number of allylic oxidation sites excluding steroid dienone is 2. The number of hydrogen-bond donors (Lipinski definition) is 3. The van der Waals surface area contributed by atoms with Gasteiger partial charge in [0.05, 0.1) is 12.9 Å². The van der Waals surface area contributed by atoms with Crippen LogP contribution in [-0.4, -0.2) is 7.11 Å². The number of rotatable bonds is 3. The summed E-state index contributed by atoms with van der Waals surface area (Å²) in [5, 5.41) is 0. The molecule has 1 aromatic carbocycles. The fourth-order valence-electron chi connectivity index (χ4n) is 1.08. The summed E-state index contributed by atoms with van der Waals surface area (Å²) in [6.45, 7) is 0. The molecular weight excluding hydrogens is 190 g/mol. The largest absolute Gasteiger partial charge is 0.497 e. The van der Waals surface area contributed by atoms with Gasteiger partial charge < -0.3 is 21.9 Å². The highest BCUT2D eigenvalue weighted by Crippen LogP contribution is 2.16. The van der Waals surface area contributed by atoms with E-state index in [0.717, 1.165) is 11.3 Å². The Morgan fingerprint density at radius 2 is 1.93 bits per heavy atom. The van der Waals surface area contributed by atoms with Gasteiger partial charge in [-0.1, -0.05) is 12.1 Å². The third kappa shape index (κ3) is 3.27. The number of methoxy groups -OCH3 is 1. The van der Waals surface area contributed by atoms with Gasteiger partial charge in [-0.25, -0.2) is 0 Å². The van der Waals surface area contributed by atoms with Crippen molar-refractivity contribution in [2.45, 2.75) is 0 Å². The normalized spacial score (nSPS) is 10.9. The summed E-state index contributed by atoms with van der Waals surface area (Å²) in [6, 6.07) is 7.44. The van der Waals surface area contributed by atoms with Gasteiger partial charge in [0.1, 0.15) is 5.75 Å². The number of benzene rings is 1. The Hall–Kier alpha value is -2.10. The zero-order valence-electron chi connectivity index (χ0n) is 8.60. The second-order valence-electron chi connectivity index (χ2n) is 3.02. The van der Waals surface area contributed by atoms with Gasteiger partial charge in [-0.3, -0.25) is 0 Å². The van der Waals surface area contributed by atoms with E-state index >= 15 is 0 Å². The molecule has 4 nitrogen and oxygen atoms in total. The van der Waals surface area contributed by atoms with Crippen molar-refractivity contribution in [1.82, 2.24) is 0 Å². The van der Waals surface area contributed by atoms with Crippen LogP contribution >= 0.6 is 0 Å². The molecule has 0 fully saturated rings. The Kier molecular flexibility index (Phi) is 3.62. The molecule has 0 heterocycles. The summed E-state index contributed by atoms with van der Waals surface area (Å²) in [6.07, 6.45) is 3.21. The average molecular weight is 205 g/mol. The third-order valence-electron chi connectivity index (χ3n) is 1.86. The minimum Gasteiger partial charge on any atom is -0.497 e. The predicted molar refractivity (Wildman–Crippen MR) is 61.6 cm³/mol. The van der Waals surface area contributed by atoms with Gasteiger partial charge in [-0.15, -0.1) is 0 Å². The van der Waals surface area contributed by atoms with E-state index in [1.165, 1.54) is 0 Å². The van der Waals surface area contributed by atoms with Crippen molar-refractivity contribution in [1.29, 1.82) is 0 Å². The first-order chi connectivity index (χ1) is 7.13. The van der Waals surface area contributed by atoms with Crippen LogP contribution in [-0.2, 0) is 0 Å². The highest BCUT2D eigenvalue weighted by molar-refractivity contribution is 5.65. The van der Waals surface area contributed by atoms with Crippen molar-refractivity contribution in [2.75, 3.05) is 7.11 Å². The summed E-state index contributed by atoms with van der Waals surface area (Å²) in [5.74, 6) is 0.981. The minimum atomic E-state index is 0.223. The fraction of sp³-hybridized carbons (Fsp3) is 0.0909. The van der Waals surface area contributed by atoms with Gasteiger partial charge >= 0.3 is 0 Å². The molecule has 0 saturated carbocycles. The molecule has 1 aromatic rings. The molecule has 0 radical (unpaired) electrons. The van der Waals surface area contributed by atoms with Crippen LogP contribution in [0.25, 0.3) is 5.70 Å². The van der Waals surface area contributed by atoms with E-state index in [0.29, 0.717) is 5.70 Å². The first kappa shape index (κ1) is 11.0. The second kappa shape index (κ2) is 4.95. The van der Waals surface area contributed by atoms with Gasteiger partial charge in [0.15, 0.2) is 0 Å². The molecule has 0 aliphatic heterocycles. The zero-order chi connectivity index (χ0) is 11.3. The molecule has 0 amide bonds. The molecule has 0 saturated heterocycles. The van der Waals surface area contributed by atoms with E-state index in [9.17, 15) is 0 Å². The lowest BCUT2D eigenvalue weighted by atomic mass is 10.1. The molecule has 0 unspecified atom stereocenters. The number of nitrogens with two attached hydrogens (primary N) is 3. The third-order valence-corrected chi connectivity index (χ3v) is 1.86. The van der Waals surface area contributed by atoms with Crippen LogP contribution in [0.1, 0.15) is 5.56 Å². The van der Waals surface area contributed by atoms with Crippen LogP contribution in [0, 0.1) is 0 Å². The van der Waals surface area contributed by atoms with Crippen molar-refractivity contribution in [3.63, 3.8) is 0 Å². The van der Waals surface area contributed by atoms with Gasteiger partial charge in [0, 0.05) is 11.3 Å². The Morgan fingerprint density at radius 3 is 2.53 bits per heavy atom. The number of hydrogen-bond acceptors (Lipinski definition) is 4. The molecule has 4 heteroatoms. The van der Waals surface area contributed by atoms with Crippen LogP contribution in [0.3, 0.4) is 0 Å². The minimum absolute atomic E-state index is 0.223. The smallest absolute Gasteiger partial charge is 0.119 e. The summed E-state index contributed by atoms with van der Waals surface area (Å²) in [4.78, 5) is 0. The van der Waals surface area contributed by atoms with E-state index in [1.807, 2.05) is 24.3 Å². The van der Waals surface area contributed by atoms with Gasteiger partial charge in [0.25, 0.3) is 0 Å². The first-order valence-corrected chi connectivity index (χ1v) is 4.46. The lowest BCUT2D eigenvalue weighted by molar-refractivity contribution is 0.414. The molecule has 80 valence electrons. The SMILES string of the molecule is COc1cccc(/C(N)=C/C=C(N)N)c1. The molecular formula is C11H15N3O. The van der Waals surface area contributed by atoms with Crippen molar-refractivity contribution >= 4 is 5.70 Å². The van der Waals surface area contributed by atoms with E-state index < -0.39 is 0 Å². The zero-order valence-corrected chi connectivity index (χ0v) is 8.60. The molecule has 15 heavy (non-hydrogen) atoms. The molecule has 0 aliphatic carbocycles. The average Bonchev–Trinajstić information content (AvgIpc) is 2.26. The summed E-state index contributed by atoms with van der Waals surface area (Å²) in [5.41, 5.74) is 17.8. The Balaban J connectivity index is 2.95. The maximum absolute atomic E-state index is 5.82. The van der Waals surface area contributed by atoms with Crippen molar-refractivity contribution in [3.05, 3.63) is 47.8 Å².